The van der Waals surface area contributed by atoms with Crippen LogP contribution in [0.3, 0.4) is 0 Å². The van der Waals surface area contributed by atoms with Crippen LogP contribution in [0.15, 0.2) is 0 Å². The fraction of sp³-hybridized carbons (Fsp3) is 1.00. The zero-order valence-corrected chi connectivity index (χ0v) is 12.5. The highest BCUT2D eigenvalue weighted by atomic mass is 32.2. The zero-order chi connectivity index (χ0) is 12.3. The van der Waals surface area contributed by atoms with Gasteiger partial charge in [0.15, 0.2) is 0 Å². The van der Waals surface area contributed by atoms with E-state index in [-0.39, 0.29) is 0 Å². The molecule has 1 N–H and O–H groups in total. The maximum atomic E-state index is 3.58. The van der Waals surface area contributed by atoms with Crippen LogP contribution in [0.25, 0.3) is 0 Å². The molecule has 100 valence electrons. The lowest BCUT2D eigenvalue weighted by atomic mass is 9.76. The maximum absolute atomic E-state index is 3.58. The highest BCUT2D eigenvalue weighted by molar-refractivity contribution is 8.00. The summed E-state index contributed by atoms with van der Waals surface area (Å²) in [5.41, 5.74) is 0.542. The predicted molar refractivity (Wildman–Crippen MR) is 77.7 cm³/mol. The predicted octanol–water partition coefficient (Wildman–Crippen LogP) is 2.45. The standard InChI is InChI=1S/C14H28N2S/c1-4-13-9-16(7-8-17-13)11-14(12(2)3)5-6-15-10-14/h12-13,15H,4-11H2,1-3H3. The van der Waals surface area contributed by atoms with Gasteiger partial charge in [0, 0.05) is 37.2 Å². The molecule has 2 atom stereocenters. The first kappa shape index (κ1) is 13.7. The van der Waals surface area contributed by atoms with Gasteiger partial charge in [0.25, 0.3) is 0 Å². The Kier molecular flexibility index (Phi) is 4.79. The molecule has 0 bridgehead atoms. The first-order chi connectivity index (χ1) is 8.16. The topological polar surface area (TPSA) is 15.3 Å². The van der Waals surface area contributed by atoms with Gasteiger partial charge in [-0.25, -0.2) is 0 Å². The Bertz CT molecular complexity index is 236. The lowest BCUT2D eigenvalue weighted by molar-refractivity contribution is 0.119. The molecule has 2 aliphatic rings. The first-order valence-corrected chi connectivity index (χ1v) is 8.26. The lowest BCUT2D eigenvalue weighted by Crippen LogP contribution is -2.47. The van der Waals surface area contributed by atoms with Crippen molar-refractivity contribution in [2.75, 3.05) is 38.5 Å². The van der Waals surface area contributed by atoms with Gasteiger partial charge in [0.2, 0.25) is 0 Å². The minimum absolute atomic E-state index is 0.542. The van der Waals surface area contributed by atoms with Crippen molar-refractivity contribution in [2.45, 2.75) is 38.9 Å². The molecule has 2 heterocycles. The maximum Gasteiger partial charge on any atom is 0.0172 e. The van der Waals surface area contributed by atoms with Crippen molar-refractivity contribution in [1.29, 1.82) is 0 Å². The summed E-state index contributed by atoms with van der Waals surface area (Å²) in [6.45, 7) is 13.5. The van der Waals surface area contributed by atoms with E-state index in [9.17, 15) is 0 Å². The third-order valence-electron chi connectivity index (χ3n) is 4.72. The van der Waals surface area contributed by atoms with Gasteiger partial charge in [0.1, 0.15) is 0 Å². The largest absolute Gasteiger partial charge is 0.316 e. The highest BCUT2D eigenvalue weighted by Gasteiger charge is 2.39. The summed E-state index contributed by atoms with van der Waals surface area (Å²) in [5.74, 6) is 2.13. The summed E-state index contributed by atoms with van der Waals surface area (Å²) in [6.07, 6.45) is 2.69. The molecule has 0 amide bonds. The molecule has 17 heavy (non-hydrogen) atoms. The molecular weight excluding hydrogens is 228 g/mol. The highest BCUT2D eigenvalue weighted by Crippen LogP contribution is 2.36. The van der Waals surface area contributed by atoms with E-state index in [1.165, 1.54) is 51.3 Å². The number of nitrogens with one attached hydrogen (secondary N) is 1. The van der Waals surface area contributed by atoms with Crippen LogP contribution in [0.5, 0.6) is 0 Å². The van der Waals surface area contributed by atoms with Crippen molar-refractivity contribution < 1.29 is 0 Å². The van der Waals surface area contributed by atoms with Crippen LogP contribution in [-0.2, 0) is 0 Å². The fourth-order valence-corrected chi connectivity index (χ4v) is 4.44. The van der Waals surface area contributed by atoms with E-state index in [0.29, 0.717) is 5.41 Å². The van der Waals surface area contributed by atoms with Gasteiger partial charge in [-0.1, -0.05) is 20.8 Å². The van der Waals surface area contributed by atoms with E-state index in [1.54, 1.807) is 0 Å². The first-order valence-electron chi connectivity index (χ1n) is 7.21. The van der Waals surface area contributed by atoms with E-state index in [1.807, 2.05) is 0 Å². The van der Waals surface area contributed by atoms with E-state index in [2.05, 4.69) is 42.7 Å². The minimum Gasteiger partial charge on any atom is -0.316 e. The third kappa shape index (κ3) is 3.18. The molecule has 0 aromatic rings. The molecule has 3 heteroatoms. The molecule has 2 saturated heterocycles. The van der Waals surface area contributed by atoms with Crippen molar-refractivity contribution >= 4 is 11.8 Å². The van der Waals surface area contributed by atoms with E-state index in [4.69, 9.17) is 0 Å². The summed E-state index contributed by atoms with van der Waals surface area (Å²) < 4.78 is 0. The van der Waals surface area contributed by atoms with Crippen LogP contribution in [0, 0.1) is 11.3 Å². The SMILES string of the molecule is CCC1CN(CC2(C(C)C)CCNC2)CCS1. The monoisotopic (exact) mass is 256 g/mol. The van der Waals surface area contributed by atoms with Crippen LogP contribution < -0.4 is 5.32 Å². The van der Waals surface area contributed by atoms with Crippen molar-refractivity contribution in [3.05, 3.63) is 0 Å². The van der Waals surface area contributed by atoms with Crippen molar-refractivity contribution in [3.63, 3.8) is 0 Å². The average Bonchev–Trinajstić information content (AvgIpc) is 2.79. The Morgan fingerprint density at radius 1 is 1.47 bits per heavy atom. The van der Waals surface area contributed by atoms with Crippen LogP contribution in [0.1, 0.15) is 33.6 Å². The molecular formula is C14H28N2S. The Balaban J connectivity index is 1.93. The minimum atomic E-state index is 0.542. The van der Waals surface area contributed by atoms with Crippen LogP contribution in [-0.4, -0.2) is 48.6 Å². The van der Waals surface area contributed by atoms with Gasteiger partial charge in [-0.15, -0.1) is 0 Å². The van der Waals surface area contributed by atoms with Crippen molar-refractivity contribution in [3.8, 4) is 0 Å². The summed E-state index contributed by atoms with van der Waals surface area (Å²) >= 11 is 2.17. The van der Waals surface area contributed by atoms with Gasteiger partial charge in [0.05, 0.1) is 0 Å². The third-order valence-corrected chi connectivity index (χ3v) is 6.09. The molecule has 0 radical (unpaired) electrons. The molecule has 0 spiro atoms. The second kappa shape index (κ2) is 5.94. The zero-order valence-electron chi connectivity index (χ0n) is 11.7. The number of hydrogen-bond donors (Lipinski definition) is 1. The van der Waals surface area contributed by atoms with Gasteiger partial charge < -0.3 is 10.2 Å². The van der Waals surface area contributed by atoms with Gasteiger partial charge >= 0.3 is 0 Å². The number of nitrogens with zero attached hydrogens (tertiary/aromatic N) is 1. The smallest absolute Gasteiger partial charge is 0.0172 e. The molecule has 2 rings (SSSR count). The number of hydrogen-bond acceptors (Lipinski definition) is 3. The van der Waals surface area contributed by atoms with Crippen molar-refractivity contribution in [2.24, 2.45) is 11.3 Å². The van der Waals surface area contributed by atoms with Gasteiger partial charge in [-0.2, -0.15) is 11.8 Å². The second-order valence-corrected chi connectivity index (χ2v) is 7.49. The Morgan fingerprint density at radius 3 is 2.88 bits per heavy atom. The summed E-state index contributed by atoms with van der Waals surface area (Å²) in [7, 11) is 0. The normalized spacial score (nSPS) is 35.6. The Morgan fingerprint density at radius 2 is 2.29 bits per heavy atom. The van der Waals surface area contributed by atoms with Crippen LogP contribution >= 0.6 is 11.8 Å². The Labute approximate surface area is 111 Å². The molecule has 0 saturated carbocycles. The van der Waals surface area contributed by atoms with E-state index >= 15 is 0 Å². The molecule has 2 unspecified atom stereocenters. The van der Waals surface area contributed by atoms with E-state index in [0.717, 1.165) is 11.2 Å². The lowest BCUT2D eigenvalue weighted by Gasteiger charge is -2.41. The number of rotatable bonds is 4. The summed E-state index contributed by atoms with van der Waals surface area (Å²) in [5, 5.41) is 4.45. The molecule has 2 nitrogen and oxygen atoms in total. The molecule has 0 aliphatic carbocycles. The Hall–Kier alpha value is 0.270. The van der Waals surface area contributed by atoms with Gasteiger partial charge in [-0.05, 0) is 30.7 Å². The van der Waals surface area contributed by atoms with E-state index < -0.39 is 0 Å². The summed E-state index contributed by atoms with van der Waals surface area (Å²) in [6, 6.07) is 0. The second-order valence-electron chi connectivity index (χ2n) is 6.08. The van der Waals surface area contributed by atoms with Gasteiger partial charge in [-0.3, -0.25) is 0 Å². The molecule has 0 aromatic heterocycles. The number of thioether (sulfide) groups is 1. The summed E-state index contributed by atoms with van der Waals surface area (Å²) in [4.78, 5) is 2.73. The quantitative estimate of drug-likeness (QED) is 0.832. The van der Waals surface area contributed by atoms with Crippen molar-refractivity contribution in [1.82, 2.24) is 10.2 Å². The molecule has 2 fully saturated rings. The van der Waals surface area contributed by atoms with Crippen LogP contribution in [0.4, 0.5) is 0 Å². The average molecular weight is 256 g/mol. The van der Waals surface area contributed by atoms with Crippen LogP contribution in [0.2, 0.25) is 0 Å². The fourth-order valence-electron chi connectivity index (χ4n) is 3.19. The molecule has 2 aliphatic heterocycles. The molecule has 0 aromatic carbocycles.